The molecule has 168 valence electrons. The highest BCUT2D eigenvalue weighted by molar-refractivity contribution is 9.10. The van der Waals surface area contributed by atoms with Crippen LogP contribution in [-0.4, -0.2) is 30.5 Å². The number of halogens is 1. The second-order valence-corrected chi connectivity index (χ2v) is 11.9. The molecule has 0 aliphatic carbocycles. The molecule has 0 radical (unpaired) electrons. The predicted molar refractivity (Wildman–Crippen MR) is 130 cm³/mol. The number of aromatic nitrogens is 1. The monoisotopic (exact) mass is 533 g/mol. The Kier molecular flexibility index (Phi) is 6.80. The molecular weight excluding hydrogens is 510 g/mol. The van der Waals surface area contributed by atoms with Crippen LogP contribution in [0.15, 0.2) is 57.9 Å². The average Bonchev–Trinajstić information content (AvgIpc) is 3.23. The van der Waals surface area contributed by atoms with E-state index < -0.39 is 9.84 Å². The number of hydrogen-bond acceptors (Lipinski definition) is 6. The van der Waals surface area contributed by atoms with Crippen molar-refractivity contribution in [2.45, 2.75) is 43.8 Å². The quantitative estimate of drug-likeness (QED) is 0.464. The highest BCUT2D eigenvalue weighted by Crippen LogP contribution is 2.41. The minimum atomic E-state index is -3.24. The van der Waals surface area contributed by atoms with E-state index in [1.54, 1.807) is 12.1 Å². The van der Waals surface area contributed by atoms with Gasteiger partial charge < -0.3 is 5.32 Å². The number of rotatable bonds is 7. The Hall–Kier alpha value is -2.07. The Balaban J connectivity index is 1.40. The molecule has 1 aliphatic heterocycles. The molecule has 9 heteroatoms. The third-order valence-electron chi connectivity index (χ3n) is 5.45. The van der Waals surface area contributed by atoms with Gasteiger partial charge in [0, 0.05) is 28.7 Å². The summed E-state index contributed by atoms with van der Waals surface area (Å²) < 4.78 is 24.2. The fourth-order valence-corrected chi connectivity index (χ4v) is 6.09. The van der Waals surface area contributed by atoms with Gasteiger partial charge in [0.15, 0.2) is 15.0 Å². The highest BCUT2D eigenvalue weighted by atomic mass is 79.9. The molecule has 4 rings (SSSR count). The molecule has 32 heavy (non-hydrogen) atoms. The fourth-order valence-electron chi connectivity index (χ4n) is 3.95. The van der Waals surface area contributed by atoms with Crippen molar-refractivity contribution in [2.75, 3.05) is 11.6 Å². The largest absolute Gasteiger partial charge is 0.302 e. The maximum Gasteiger partial charge on any atom is 0.230 e. The summed E-state index contributed by atoms with van der Waals surface area (Å²) in [5, 5.41) is 3.53. The smallest absolute Gasteiger partial charge is 0.230 e. The van der Waals surface area contributed by atoms with Gasteiger partial charge in [-0.1, -0.05) is 47.1 Å². The summed E-state index contributed by atoms with van der Waals surface area (Å²) in [7, 11) is -3.24. The van der Waals surface area contributed by atoms with Gasteiger partial charge in [-0.25, -0.2) is 13.4 Å². The molecule has 0 saturated carbocycles. The van der Waals surface area contributed by atoms with Crippen LogP contribution in [0, 0.1) is 0 Å². The van der Waals surface area contributed by atoms with Crippen molar-refractivity contribution in [1.29, 1.82) is 0 Å². The van der Waals surface area contributed by atoms with E-state index in [0.717, 1.165) is 35.2 Å². The van der Waals surface area contributed by atoms with Gasteiger partial charge in [0.25, 0.3) is 0 Å². The lowest BCUT2D eigenvalue weighted by Crippen LogP contribution is -2.22. The number of sulfone groups is 1. The summed E-state index contributed by atoms with van der Waals surface area (Å²) in [6, 6.07) is 15.0. The van der Waals surface area contributed by atoms with E-state index in [-0.39, 0.29) is 23.3 Å². The Morgan fingerprint density at radius 2 is 1.97 bits per heavy atom. The number of carbonyl (C=O) groups excluding carboxylic acids is 1. The van der Waals surface area contributed by atoms with Gasteiger partial charge in [-0.05, 0) is 41.8 Å². The van der Waals surface area contributed by atoms with Crippen LogP contribution in [0.2, 0.25) is 0 Å². The maximum absolute atomic E-state index is 12.5. The normalized spacial score (nSPS) is 16.2. The van der Waals surface area contributed by atoms with Crippen LogP contribution in [0.3, 0.4) is 0 Å². The molecule has 1 N–H and O–H groups in total. The van der Waals surface area contributed by atoms with Crippen molar-refractivity contribution in [1.82, 2.24) is 9.88 Å². The first-order chi connectivity index (χ1) is 15.2. The van der Waals surface area contributed by atoms with E-state index >= 15 is 0 Å². The molecule has 0 saturated heterocycles. The molecule has 0 fully saturated rings. The lowest BCUT2D eigenvalue weighted by Gasteiger charge is -2.23. The first kappa shape index (κ1) is 23.1. The molecule has 0 unspecified atom stereocenters. The molecule has 2 heterocycles. The summed E-state index contributed by atoms with van der Waals surface area (Å²) in [5.74, 6) is -0.163. The molecule has 1 aromatic heterocycles. The lowest BCUT2D eigenvalue weighted by atomic mass is 10.1. The topological polar surface area (TPSA) is 79.4 Å². The van der Waals surface area contributed by atoms with E-state index in [4.69, 9.17) is 4.98 Å². The first-order valence-corrected chi connectivity index (χ1v) is 13.8. The number of anilines is 1. The van der Waals surface area contributed by atoms with Crippen molar-refractivity contribution >= 4 is 48.1 Å². The van der Waals surface area contributed by atoms with Crippen molar-refractivity contribution in [3.05, 3.63) is 74.7 Å². The van der Waals surface area contributed by atoms with Gasteiger partial charge >= 0.3 is 0 Å². The zero-order chi connectivity index (χ0) is 22.9. The summed E-state index contributed by atoms with van der Waals surface area (Å²) in [6.07, 6.45) is 2.28. The van der Waals surface area contributed by atoms with Crippen LogP contribution < -0.4 is 5.32 Å². The van der Waals surface area contributed by atoms with Gasteiger partial charge in [-0.2, -0.15) is 0 Å². The Labute approximate surface area is 200 Å². The third kappa shape index (κ3) is 5.28. The highest BCUT2D eigenvalue weighted by Gasteiger charge is 2.33. The minimum absolute atomic E-state index is 0.163. The van der Waals surface area contributed by atoms with Gasteiger partial charge in [-0.3, -0.25) is 9.69 Å². The molecule has 1 aliphatic rings. The van der Waals surface area contributed by atoms with Crippen LogP contribution in [0.25, 0.3) is 0 Å². The summed E-state index contributed by atoms with van der Waals surface area (Å²) in [6.45, 7) is 3.83. The van der Waals surface area contributed by atoms with E-state index in [1.165, 1.54) is 40.2 Å². The SMILES string of the molecule is CC[C@@H]1c2nc(NC(=O)Cc3ccc(S(C)(=O)=O)cc3)sc2CN1Cc1cccc(Br)c1. The van der Waals surface area contributed by atoms with E-state index in [2.05, 4.69) is 45.2 Å². The standard InChI is InChI=1S/C23H24BrN3O3S2/c1-3-19-22-20(14-27(19)13-16-5-4-6-17(24)11-16)31-23(26-22)25-21(28)12-15-7-9-18(10-8-15)32(2,29)30/h4-11,19H,3,12-14H2,1-2H3,(H,25,26,28)/t19-/m1/s1. The van der Waals surface area contributed by atoms with Crippen LogP contribution in [0.4, 0.5) is 5.13 Å². The second kappa shape index (κ2) is 9.43. The summed E-state index contributed by atoms with van der Waals surface area (Å²) in [5.41, 5.74) is 3.06. The molecule has 6 nitrogen and oxygen atoms in total. The van der Waals surface area contributed by atoms with E-state index in [1.807, 2.05) is 12.1 Å². The Morgan fingerprint density at radius 1 is 1.22 bits per heavy atom. The molecule has 3 aromatic rings. The van der Waals surface area contributed by atoms with E-state index in [0.29, 0.717) is 5.13 Å². The molecule has 1 atom stereocenters. The molecule has 0 spiro atoms. The minimum Gasteiger partial charge on any atom is -0.302 e. The zero-order valence-electron chi connectivity index (χ0n) is 17.8. The summed E-state index contributed by atoms with van der Waals surface area (Å²) in [4.78, 5) is 21.1. The van der Waals surface area contributed by atoms with E-state index in [9.17, 15) is 13.2 Å². The van der Waals surface area contributed by atoms with Gasteiger partial charge in [0.1, 0.15) is 0 Å². The van der Waals surface area contributed by atoms with Crippen LogP contribution in [0.1, 0.15) is 41.1 Å². The average molecular weight is 535 g/mol. The van der Waals surface area contributed by atoms with Gasteiger partial charge in [0.05, 0.1) is 23.1 Å². The number of nitrogens with zero attached hydrogens (tertiary/aromatic N) is 2. The third-order valence-corrected chi connectivity index (χ3v) is 8.05. The van der Waals surface area contributed by atoms with Crippen LogP contribution in [-0.2, 0) is 34.1 Å². The molecule has 0 bridgehead atoms. The predicted octanol–water partition coefficient (Wildman–Crippen LogP) is 4.96. The molecule has 2 aromatic carbocycles. The number of carbonyl (C=O) groups is 1. The number of thiazole rings is 1. The number of amides is 1. The van der Waals surface area contributed by atoms with Crippen molar-refractivity contribution < 1.29 is 13.2 Å². The van der Waals surface area contributed by atoms with Gasteiger partial charge in [-0.15, -0.1) is 11.3 Å². The number of hydrogen-bond donors (Lipinski definition) is 1. The zero-order valence-corrected chi connectivity index (χ0v) is 21.1. The van der Waals surface area contributed by atoms with Crippen LogP contribution in [0.5, 0.6) is 0 Å². The van der Waals surface area contributed by atoms with Crippen molar-refractivity contribution in [3.8, 4) is 0 Å². The summed E-state index contributed by atoms with van der Waals surface area (Å²) >= 11 is 5.07. The van der Waals surface area contributed by atoms with Gasteiger partial charge in [0.2, 0.25) is 5.91 Å². The second-order valence-electron chi connectivity index (χ2n) is 7.93. The fraction of sp³-hybridized carbons (Fsp3) is 0.304. The van der Waals surface area contributed by atoms with Crippen molar-refractivity contribution in [2.24, 2.45) is 0 Å². The van der Waals surface area contributed by atoms with Crippen LogP contribution >= 0.6 is 27.3 Å². The number of nitrogens with one attached hydrogen (secondary N) is 1. The molecule has 1 amide bonds. The van der Waals surface area contributed by atoms with Crippen molar-refractivity contribution in [3.63, 3.8) is 0 Å². The lowest BCUT2D eigenvalue weighted by molar-refractivity contribution is -0.115. The number of benzene rings is 2. The number of fused-ring (bicyclic) bond motifs is 1. The maximum atomic E-state index is 12.5. The Morgan fingerprint density at radius 3 is 2.62 bits per heavy atom. The first-order valence-electron chi connectivity index (χ1n) is 10.3. The Bertz CT molecular complexity index is 1240. The molecular formula is C23H24BrN3O3S2.